The first-order chi connectivity index (χ1) is 18.9. The summed E-state index contributed by atoms with van der Waals surface area (Å²) in [6.07, 6.45) is -1.71. The maximum Gasteiger partial charge on any atom is 0.351 e. The molecule has 4 atom stereocenters. The Balaban J connectivity index is 1.95. The molecule has 2 aromatic rings. The van der Waals surface area contributed by atoms with Gasteiger partial charge in [0, 0.05) is 11.8 Å². The van der Waals surface area contributed by atoms with Crippen molar-refractivity contribution in [3.8, 4) is 0 Å². The summed E-state index contributed by atoms with van der Waals surface area (Å²) in [5, 5.41) is 2.45. The van der Waals surface area contributed by atoms with E-state index in [2.05, 4.69) is 78.0 Å². The lowest BCUT2D eigenvalue weighted by molar-refractivity contribution is -0.0796. The van der Waals surface area contributed by atoms with Gasteiger partial charge in [0.15, 0.2) is 29.7 Å². The summed E-state index contributed by atoms with van der Waals surface area (Å²) in [5.41, 5.74) is -0.203. The van der Waals surface area contributed by atoms with Gasteiger partial charge in [-0.15, -0.1) is 0 Å². The minimum Gasteiger partial charge on any atom is -0.414 e. The molecule has 0 saturated carbocycles. The molecule has 1 aliphatic heterocycles. The molecule has 12 heteroatoms. The number of halogens is 1. The molecule has 0 aliphatic carbocycles. The van der Waals surface area contributed by atoms with Crippen LogP contribution in [0.15, 0.2) is 47.4 Å². The van der Waals surface area contributed by atoms with Crippen molar-refractivity contribution in [2.45, 2.75) is 102 Å². The molecule has 3 rings (SSSR count). The summed E-state index contributed by atoms with van der Waals surface area (Å²) in [5.74, 6) is -0.278. The lowest BCUT2D eigenvalue weighted by atomic mass is 10.1. The van der Waals surface area contributed by atoms with E-state index in [9.17, 15) is 14.0 Å². The second-order valence-electron chi connectivity index (χ2n) is 13.5. The molecule has 228 valence electrons. The fraction of sp³-hybridized carbons (Fsp3) is 0.621. The summed E-state index contributed by atoms with van der Waals surface area (Å²) in [6, 6.07) is 10.2. The van der Waals surface area contributed by atoms with Crippen molar-refractivity contribution in [3.63, 3.8) is 0 Å². The molecule has 1 N–H and O–H groups in total. The van der Waals surface area contributed by atoms with Gasteiger partial charge in [-0.3, -0.25) is 9.36 Å². The van der Waals surface area contributed by atoms with E-state index in [1.807, 2.05) is 6.07 Å². The van der Waals surface area contributed by atoms with Crippen molar-refractivity contribution in [2.75, 3.05) is 18.8 Å². The highest BCUT2D eigenvalue weighted by Crippen LogP contribution is 2.43. The van der Waals surface area contributed by atoms with Gasteiger partial charge in [-0.1, -0.05) is 59.7 Å². The molecule has 1 fully saturated rings. The van der Waals surface area contributed by atoms with Crippen LogP contribution in [0.4, 0.5) is 10.2 Å². The Labute approximate surface area is 245 Å². The highest BCUT2D eigenvalue weighted by molar-refractivity contribution is 6.74. The topological polar surface area (TPSA) is 101 Å². The first-order valence-electron chi connectivity index (χ1n) is 14.0. The monoisotopic (exact) mass is 607 g/mol. The van der Waals surface area contributed by atoms with Crippen LogP contribution >= 0.6 is 0 Å². The Morgan fingerprint density at radius 2 is 1.61 bits per heavy atom. The van der Waals surface area contributed by atoms with Crippen LogP contribution < -0.4 is 11.0 Å². The average molecular weight is 608 g/mol. The van der Waals surface area contributed by atoms with Crippen LogP contribution in [0.1, 0.15) is 58.1 Å². The highest BCUT2D eigenvalue weighted by atomic mass is 28.4. The minimum absolute atomic E-state index is 0.0423. The molecule has 1 aliphatic rings. The van der Waals surface area contributed by atoms with Crippen molar-refractivity contribution >= 4 is 28.4 Å². The number of nitrogens with zero attached hydrogens (tertiary/aromatic N) is 2. The summed E-state index contributed by atoms with van der Waals surface area (Å²) < 4.78 is 40.3. The predicted molar refractivity (Wildman–Crippen MR) is 163 cm³/mol. The Bertz CT molecular complexity index is 1240. The number of rotatable bonds is 10. The van der Waals surface area contributed by atoms with E-state index in [0.29, 0.717) is 5.56 Å². The number of carbonyl (C=O) groups excluding carboxylic acids is 1. The zero-order valence-corrected chi connectivity index (χ0v) is 28.0. The molecule has 1 aromatic heterocycles. The van der Waals surface area contributed by atoms with E-state index in [4.69, 9.17) is 18.3 Å². The number of carbonyl (C=O) groups is 1. The van der Waals surface area contributed by atoms with E-state index in [1.54, 1.807) is 24.3 Å². The number of aromatic nitrogens is 2. The summed E-state index contributed by atoms with van der Waals surface area (Å²) >= 11 is 0. The lowest BCUT2D eigenvalue weighted by Gasteiger charge is -2.40. The molecule has 41 heavy (non-hydrogen) atoms. The number of nitrogens with one attached hydrogen (secondary N) is 1. The molecular weight excluding hydrogens is 562 g/mol. The molecule has 0 bridgehead atoms. The van der Waals surface area contributed by atoms with Crippen molar-refractivity contribution in [1.29, 1.82) is 0 Å². The van der Waals surface area contributed by atoms with Crippen LogP contribution in [0.3, 0.4) is 0 Å². The highest BCUT2D eigenvalue weighted by Gasteiger charge is 2.52. The first-order valence-corrected chi connectivity index (χ1v) is 19.8. The van der Waals surface area contributed by atoms with Crippen molar-refractivity contribution in [2.24, 2.45) is 0 Å². The summed E-state index contributed by atoms with van der Waals surface area (Å²) in [4.78, 5) is 30.0. The normalized spacial score (nSPS) is 22.1. The van der Waals surface area contributed by atoms with Crippen LogP contribution in [0.2, 0.25) is 36.3 Å². The summed E-state index contributed by atoms with van der Waals surface area (Å²) in [7, 11) is -4.60. The zero-order valence-electron chi connectivity index (χ0n) is 26.0. The molecule has 1 saturated heterocycles. The Morgan fingerprint density at radius 3 is 2.15 bits per heavy atom. The lowest BCUT2D eigenvalue weighted by Crippen LogP contribution is -2.50. The third-order valence-corrected chi connectivity index (χ3v) is 17.5. The maximum absolute atomic E-state index is 13.8. The van der Waals surface area contributed by atoms with E-state index in [1.165, 1.54) is 16.8 Å². The number of anilines is 1. The number of hydrogen-bond donors (Lipinski definition) is 1. The molecule has 0 unspecified atom stereocenters. The number of benzene rings is 1. The zero-order chi connectivity index (χ0) is 30.8. The molecule has 1 amide bonds. The van der Waals surface area contributed by atoms with Crippen LogP contribution in [-0.2, 0) is 18.3 Å². The Morgan fingerprint density at radius 1 is 1.00 bits per heavy atom. The van der Waals surface area contributed by atoms with E-state index >= 15 is 0 Å². The van der Waals surface area contributed by atoms with E-state index in [-0.39, 0.29) is 28.4 Å². The van der Waals surface area contributed by atoms with E-state index in [0.717, 1.165) is 0 Å². The van der Waals surface area contributed by atoms with Gasteiger partial charge in [-0.25, -0.2) is 9.18 Å². The van der Waals surface area contributed by atoms with Crippen LogP contribution in [0, 0.1) is 0 Å². The molecule has 2 heterocycles. The van der Waals surface area contributed by atoms with Crippen molar-refractivity contribution in [3.05, 3.63) is 58.6 Å². The number of alkyl halides is 1. The third-order valence-electron chi connectivity index (χ3n) is 8.57. The number of hydrogen-bond acceptors (Lipinski definition) is 7. The average Bonchev–Trinajstić information content (AvgIpc) is 3.18. The third kappa shape index (κ3) is 7.79. The SMILES string of the molecule is CC(C)(C)[Si](C)(C)OC[C@H]1O[C@@H](n2ccc(NC(=O)c3ccccc3)nc2=O)[C@H](O[Si](C)(C)C(C)(C)C)[C@@H]1OCF. The van der Waals surface area contributed by atoms with Gasteiger partial charge >= 0.3 is 5.69 Å². The smallest absolute Gasteiger partial charge is 0.351 e. The first kappa shape index (κ1) is 33.3. The van der Waals surface area contributed by atoms with Gasteiger partial charge in [0.05, 0.1) is 6.61 Å². The molecule has 1 aromatic carbocycles. The van der Waals surface area contributed by atoms with Gasteiger partial charge in [0.25, 0.3) is 5.91 Å². The van der Waals surface area contributed by atoms with Crippen LogP contribution in [0.25, 0.3) is 0 Å². The second kappa shape index (κ2) is 12.6. The fourth-order valence-corrected chi connectivity index (χ4v) is 6.24. The van der Waals surface area contributed by atoms with Gasteiger partial charge in [-0.2, -0.15) is 4.98 Å². The van der Waals surface area contributed by atoms with Crippen LogP contribution in [-0.4, -0.2) is 63.9 Å². The van der Waals surface area contributed by atoms with Gasteiger partial charge in [-0.05, 0) is 54.5 Å². The molecular formula is C29H46FN3O6Si2. The van der Waals surface area contributed by atoms with Gasteiger partial charge in [0.2, 0.25) is 0 Å². The standard InChI is InChI=1S/C29H46FN3O6Si2/c1-28(2,3)40(7,8)37-18-21-23(36-19-30)24(39-41(9,10)29(4,5)6)26(38-21)33-17-16-22(32-27(33)35)31-25(34)20-14-12-11-13-15-20/h11-17,21,23-24,26H,18-19H2,1-10H3,(H,31,32,34,35)/t21-,23-,24-,26-/m1/s1. The Hall–Kier alpha value is -2.23. The van der Waals surface area contributed by atoms with Crippen molar-refractivity contribution in [1.82, 2.24) is 9.55 Å². The molecule has 0 spiro atoms. The van der Waals surface area contributed by atoms with Gasteiger partial charge in [0.1, 0.15) is 24.1 Å². The fourth-order valence-electron chi connectivity index (χ4n) is 3.94. The van der Waals surface area contributed by atoms with Crippen LogP contribution in [0.5, 0.6) is 0 Å². The molecule has 0 radical (unpaired) electrons. The largest absolute Gasteiger partial charge is 0.414 e. The van der Waals surface area contributed by atoms with Gasteiger partial charge < -0.3 is 23.6 Å². The van der Waals surface area contributed by atoms with E-state index < -0.39 is 53.7 Å². The Kier molecular flexibility index (Phi) is 10.2. The quantitative estimate of drug-likeness (QED) is 0.325. The summed E-state index contributed by atoms with van der Waals surface area (Å²) in [6.45, 7) is 20.3. The predicted octanol–water partition coefficient (Wildman–Crippen LogP) is 6.12. The minimum atomic E-state index is -2.43. The number of ether oxygens (including phenoxy) is 2. The van der Waals surface area contributed by atoms with Crippen molar-refractivity contribution < 1.29 is 27.5 Å². The number of amides is 1. The molecule has 9 nitrogen and oxygen atoms in total. The second-order valence-corrected chi connectivity index (χ2v) is 23.1. The maximum atomic E-state index is 13.8.